The van der Waals surface area contributed by atoms with Crippen LogP contribution >= 0.6 is 0 Å². The van der Waals surface area contributed by atoms with Crippen LogP contribution in [0.1, 0.15) is 11.4 Å². The van der Waals surface area contributed by atoms with Gasteiger partial charge in [-0.2, -0.15) is 0 Å². The Morgan fingerprint density at radius 3 is 3.11 bits per heavy atom. The number of nitrogen functional groups attached to an aromatic ring is 1. The summed E-state index contributed by atoms with van der Waals surface area (Å²) in [5.41, 5.74) is 6.24. The molecule has 0 aliphatic carbocycles. The molecule has 0 saturated heterocycles. The fourth-order valence-corrected chi connectivity index (χ4v) is 2.11. The van der Waals surface area contributed by atoms with Crippen LogP contribution in [-0.2, 0) is 13.1 Å². The van der Waals surface area contributed by atoms with E-state index < -0.39 is 0 Å². The van der Waals surface area contributed by atoms with Gasteiger partial charge >= 0.3 is 0 Å². The Bertz CT molecular complexity index is 589. The molecular weight excluding hydrogens is 230 g/mol. The molecule has 0 radical (unpaired) electrons. The van der Waals surface area contributed by atoms with Crippen LogP contribution in [0.25, 0.3) is 0 Å². The van der Waals surface area contributed by atoms with Crippen LogP contribution < -0.4 is 10.6 Å². The van der Waals surface area contributed by atoms with Gasteiger partial charge in [-0.15, -0.1) is 10.2 Å². The Kier molecular flexibility index (Phi) is 2.44. The molecule has 0 fully saturated rings. The van der Waals surface area contributed by atoms with Crippen LogP contribution in [0.15, 0.2) is 24.7 Å². The van der Waals surface area contributed by atoms with Crippen LogP contribution in [0.3, 0.4) is 0 Å². The first kappa shape index (κ1) is 10.7. The van der Waals surface area contributed by atoms with Crippen LogP contribution in [0.2, 0.25) is 0 Å². The summed E-state index contributed by atoms with van der Waals surface area (Å²) in [5, 5.41) is 15.5. The highest BCUT2D eigenvalue weighted by atomic mass is 15.3. The van der Waals surface area contributed by atoms with Gasteiger partial charge in [-0.25, -0.2) is 4.98 Å². The van der Waals surface area contributed by atoms with E-state index in [1.807, 2.05) is 10.6 Å². The third kappa shape index (κ3) is 1.69. The average molecular weight is 243 g/mol. The molecule has 18 heavy (non-hydrogen) atoms. The molecule has 3 rings (SSSR count). The van der Waals surface area contributed by atoms with E-state index in [-0.39, 0.29) is 5.84 Å². The average Bonchev–Trinajstić information content (AvgIpc) is 2.85. The highest BCUT2D eigenvalue weighted by Crippen LogP contribution is 2.21. The number of aromatic nitrogens is 4. The molecule has 2 aromatic rings. The molecule has 92 valence electrons. The molecule has 0 atom stereocenters. The van der Waals surface area contributed by atoms with Gasteiger partial charge in [0.2, 0.25) is 0 Å². The number of amidine groups is 1. The standard InChI is InChI=1S/C11H13N7/c12-10(13)8-2-1-3-14-11(8)17-4-5-18-7-15-16-9(18)6-17/h1-3,7H,4-6H2,(H3,12,13). The van der Waals surface area contributed by atoms with Crippen molar-refractivity contribution >= 4 is 11.7 Å². The zero-order valence-corrected chi connectivity index (χ0v) is 9.74. The summed E-state index contributed by atoms with van der Waals surface area (Å²) in [6.07, 6.45) is 3.44. The molecule has 0 aromatic carbocycles. The minimum Gasteiger partial charge on any atom is -0.384 e. The topological polar surface area (TPSA) is 96.7 Å². The largest absolute Gasteiger partial charge is 0.384 e. The molecule has 7 nitrogen and oxygen atoms in total. The van der Waals surface area contributed by atoms with Gasteiger partial charge in [0, 0.05) is 19.3 Å². The van der Waals surface area contributed by atoms with Crippen molar-refractivity contribution in [2.45, 2.75) is 13.1 Å². The van der Waals surface area contributed by atoms with Crippen LogP contribution in [0.5, 0.6) is 0 Å². The fraction of sp³-hybridized carbons (Fsp3) is 0.273. The lowest BCUT2D eigenvalue weighted by Crippen LogP contribution is -2.35. The number of pyridine rings is 1. The SMILES string of the molecule is N=C(N)c1cccnc1N1CCn2cnnc2C1. The zero-order valence-electron chi connectivity index (χ0n) is 9.74. The quantitative estimate of drug-likeness (QED) is 0.570. The third-order valence-electron chi connectivity index (χ3n) is 3.02. The number of anilines is 1. The van der Waals surface area contributed by atoms with E-state index in [1.165, 1.54) is 0 Å². The molecule has 1 aliphatic heterocycles. The summed E-state index contributed by atoms with van der Waals surface area (Å²) in [6.45, 7) is 2.26. The van der Waals surface area contributed by atoms with Gasteiger partial charge in [-0.1, -0.05) is 0 Å². The molecule has 3 N–H and O–H groups in total. The van der Waals surface area contributed by atoms with E-state index >= 15 is 0 Å². The van der Waals surface area contributed by atoms with Gasteiger partial charge in [0.25, 0.3) is 0 Å². The summed E-state index contributed by atoms with van der Waals surface area (Å²) in [7, 11) is 0. The second-order valence-corrected chi connectivity index (χ2v) is 4.15. The highest BCUT2D eigenvalue weighted by molar-refractivity contribution is 5.99. The first-order valence-electron chi connectivity index (χ1n) is 5.67. The summed E-state index contributed by atoms with van der Waals surface area (Å²) >= 11 is 0. The van der Waals surface area contributed by atoms with Gasteiger partial charge in [-0.05, 0) is 12.1 Å². The van der Waals surface area contributed by atoms with Gasteiger partial charge < -0.3 is 15.2 Å². The van der Waals surface area contributed by atoms with Crippen molar-refractivity contribution in [2.75, 3.05) is 11.4 Å². The lowest BCUT2D eigenvalue weighted by molar-refractivity contribution is 0.556. The van der Waals surface area contributed by atoms with Crippen molar-refractivity contribution < 1.29 is 0 Å². The first-order chi connectivity index (χ1) is 8.75. The van der Waals surface area contributed by atoms with Crippen molar-refractivity contribution in [1.82, 2.24) is 19.7 Å². The Morgan fingerprint density at radius 1 is 1.39 bits per heavy atom. The zero-order chi connectivity index (χ0) is 12.5. The van der Waals surface area contributed by atoms with Gasteiger partial charge in [-0.3, -0.25) is 5.41 Å². The first-order valence-corrected chi connectivity index (χ1v) is 5.67. The molecule has 7 heteroatoms. The molecule has 3 heterocycles. The predicted molar refractivity (Wildman–Crippen MR) is 66.3 cm³/mol. The van der Waals surface area contributed by atoms with Crippen molar-refractivity contribution in [1.29, 1.82) is 5.41 Å². The lowest BCUT2D eigenvalue weighted by Gasteiger charge is -2.29. The minimum absolute atomic E-state index is 0.0325. The van der Waals surface area contributed by atoms with E-state index in [2.05, 4.69) is 20.1 Å². The van der Waals surface area contributed by atoms with E-state index in [0.717, 1.165) is 24.7 Å². The second kappa shape index (κ2) is 4.10. The fourth-order valence-electron chi connectivity index (χ4n) is 2.11. The summed E-state index contributed by atoms with van der Waals surface area (Å²) in [6, 6.07) is 3.59. The minimum atomic E-state index is 0.0325. The summed E-state index contributed by atoms with van der Waals surface area (Å²) in [4.78, 5) is 6.40. The number of nitrogens with zero attached hydrogens (tertiary/aromatic N) is 5. The monoisotopic (exact) mass is 243 g/mol. The van der Waals surface area contributed by atoms with Crippen LogP contribution in [0, 0.1) is 5.41 Å². The van der Waals surface area contributed by atoms with E-state index in [4.69, 9.17) is 11.1 Å². The number of rotatable bonds is 2. The molecule has 2 aromatic heterocycles. The van der Waals surface area contributed by atoms with Gasteiger partial charge in [0.05, 0.1) is 12.1 Å². The van der Waals surface area contributed by atoms with Crippen LogP contribution in [0.4, 0.5) is 5.82 Å². The maximum absolute atomic E-state index is 7.59. The maximum atomic E-state index is 7.59. The molecule has 0 unspecified atom stereocenters. The lowest BCUT2D eigenvalue weighted by atomic mass is 10.2. The Hall–Kier alpha value is -2.44. The number of hydrogen-bond acceptors (Lipinski definition) is 5. The summed E-state index contributed by atoms with van der Waals surface area (Å²) in [5.74, 6) is 1.67. The van der Waals surface area contributed by atoms with Gasteiger partial charge in [0.15, 0.2) is 5.82 Å². The third-order valence-corrected chi connectivity index (χ3v) is 3.02. The van der Waals surface area contributed by atoms with E-state index in [0.29, 0.717) is 12.1 Å². The van der Waals surface area contributed by atoms with Crippen LogP contribution in [-0.4, -0.2) is 32.1 Å². The van der Waals surface area contributed by atoms with Crippen molar-refractivity contribution in [2.24, 2.45) is 5.73 Å². The molecule has 0 amide bonds. The molecule has 0 bridgehead atoms. The second-order valence-electron chi connectivity index (χ2n) is 4.15. The Balaban J connectivity index is 1.95. The predicted octanol–water partition coefficient (Wildman–Crippen LogP) is -0.0226. The molecule has 1 aliphatic rings. The molecular formula is C11H13N7. The number of fused-ring (bicyclic) bond motifs is 1. The smallest absolute Gasteiger partial charge is 0.152 e. The van der Waals surface area contributed by atoms with E-state index in [1.54, 1.807) is 18.6 Å². The number of nitrogens with two attached hydrogens (primary N) is 1. The van der Waals surface area contributed by atoms with Gasteiger partial charge in [0.1, 0.15) is 18.0 Å². The Morgan fingerprint density at radius 2 is 2.28 bits per heavy atom. The van der Waals surface area contributed by atoms with Crippen molar-refractivity contribution in [3.05, 3.63) is 36.0 Å². The Labute approximate surface area is 104 Å². The van der Waals surface area contributed by atoms with Crippen molar-refractivity contribution in [3.8, 4) is 0 Å². The van der Waals surface area contributed by atoms with Crippen molar-refractivity contribution in [3.63, 3.8) is 0 Å². The molecule has 0 spiro atoms. The summed E-state index contributed by atoms with van der Waals surface area (Å²) < 4.78 is 2.02. The highest BCUT2D eigenvalue weighted by Gasteiger charge is 2.21. The molecule has 0 saturated carbocycles. The normalized spacial score (nSPS) is 14.3. The number of hydrogen-bond donors (Lipinski definition) is 2. The van der Waals surface area contributed by atoms with E-state index in [9.17, 15) is 0 Å². The maximum Gasteiger partial charge on any atom is 0.152 e. The number of nitrogens with one attached hydrogen (secondary N) is 1.